The van der Waals surface area contributed by atoms with Crippen molar-refractivity contribution in [3.05, 3.63) is 100 Å². The molecule has 3 aromatic carbocycles. The van der Waals surface area contributed by atoms with Gasteiger partial charge in [-0.05, 0) is 54.3 Å². The number of carbonyl (C=O) groups is 1. The predicted molar refractivity (Wildman–Crippen MR) is 125 cm³/mol. The van der Waals surface area contributed by atoms with E-state index in [2.05, 4.69) is 41.0 Å². The number of hydrogen-bond acceptors (Lipinski definition) is 3. The lowest BCUT2D eigenvalue weighted by Crippen LogP contribution is -2.36. The minimum absolute atomic E-state index is 0.0216. The van der Waals surface area contributed by atoms with Crippen molar-refractivity contribution in [2.45, 2.75) is 24.8 Å². The molecule has 0 radical (unpaired) electrons. The maximum Gasteiger partial charge on any atom is 0.241 e. The zero-order valence-electron chi connectivity index (χ0n) is 17.6. The number of ether oxygens (including phenoxy) is 1. The Bertz CT molecular complexity index is 1020. The predicted octanol–water partition coefficient (Wildman–Crippen LogP) is 4.87. The lowest BCUT2D eigenvalue weighted by atomic mass is 9.91. The minimum atomic E-state index is -0.339. The zero-order valence-corrected chi connectivity index (χ0v) is 18.4. The largest absolute Gasteiger partial charge is 0.492 e. The average molecular weight is 435 g/mol. The van der Waals surface area contributed by atoms with E-state index in [0.717, 1.165) is 35.7 Å². The molecule has 4 rings (SSSR count). The summed E-state index contributed by atoms with van der Waals surface area (Å²) in [4.78, 5) is 12.3. The van der Waals surface area contributed by atoms with E-state index in [1.165, 1.54) is 16.7 Å². The van der Waals surface area contributed by atoms with Crippen LogP contribution in [0.2, 0.25) is 5.02 Å². The summed E-state index contributed by atoms with van der Waals surface area (Å²) in [6.45, 7) is 1.41. The van der Waals surface area contributed by atoms with Crippen LogP contribution in [0.15, 0.2) is 72.8 Å². The fraction of sp³-hybridized carbons (Fsp3) is 0.269. The molecule has 4 nitrogen and oxygen atoms in total. The normalized spacial score (nSPS) is 15.7. The highest BCUT2D eigenvalue weighted by Gasteiger charge is 2.26. The first-order valence-corrected chi connectivity index (χ1v) is 11.0. The molecule has 0 aromatic heterocycles. The van der Waals surface area contributed by atoms with Crippen molar-refractivity contribution in [3.8, 4) is 5.75 Å². The second kappa shape index (κ2) is 9.99. The van der Waals surface area contributed by atoms with Crippen LogP contribution in [0.3, 0.4) is 0 Å². The highest BCUT2D eigenvalue weighted by atomic mass is 35.5. The van der Waals surface area contributed by atoms with Gasteiger partial charge in [-0.15, -0.1) is 0 Å². The number of fused-ring (bicyclic) bond motifs is 1. The van der Waals surface area contributed by atoms with Gasteiger partial charge in [0.15, 0.2) is 0 Å². The Balaban J connectivity index is 1.38. The third kappa shape index (κ3) is 5.09. The molecule has 0 aliphatic carbocycles. The number of aryl methyl sites for hydroxylation is 1. The topological polar surface area (TPSA) is 50.4 Å². The smallest absolute Gasteiger partial charge is 0.241 e. The van der Waals surface area contributed by atoms with E-state index in [-0.39, 0.29) is 17.9 Å². The van der Waals surface area contributed by atoms with Gasteiger partial charge >= 0.3 is 0 Å². The monoisotopic (exact) mass is 434 g/mol. The summed E-state index contributed by atoms with van der Waals surface area (Å²) in [5, 5.41) is 6.90. The summed E-state index contributed by atoms with van der Waals surface area (Å²) in [7, 11) is 1.67. The Morgan fingerprint density at radius 3 is 2.61 bits per heavy atom. The van der Waals surface area contributed by atoms with E-state index in [4.69, 9.17) is 16.3 Å². The lowest BCUT2D eigenvalue weighted by Gasteiger charge is -2.18. The number of hydrogen-bond donors (Lipinski definition) is 2. The van der Waals surface area contributed by atoms with Crippen LogP contribution in [-0.4, -0.2) is 26.1 Å². The van der Waals surface area contributed by atoms with Crippen molar-refractivity contribution in [2.75, 3.05) is 20.2 Å². The average Bonchev–Trinajstić information content (AvgIpc) is 3.23. The van der Waals surface area contributed by atoms with Crippen molar-refractivity contribution in [3.63, 3.8) is 0 Å². The molecule has 0 saturated heterocycles. The molecule has 0 fully saturated rings. The molecule has 2 atom stereocenters. The van der Waals surface area contributed by atoms with Crippen molar-refractivity contribution in [2.24, 2.45) is 0 Å². The number of halogens is 1. The van der Waals surface area contributed by atoms with Gasteiger partial charge in [-0.25, -0.2) is 0 Å². The van der Waals surface area contributed by atoms with Gasteiger partial charge in [0.25, 0.3) is 0 Å². The summed E-state index contributed by atoms with van der Waals surface area (Å²) >= 11 is 6.04. The molecular formula is C26H27ClN2O2. The molecule has 0 unspecified atom stereocenters. The molecule has 1 aliphatic rings. The van der Waals surface area contributed by atoms with E-state index in [0.29, 0.717) is 6.61 Å². The Labute approximate surface area is 188 Å². The molecule has 0 bridgehead atoms. The first kappa shape index (κ1) is 21.4. The number of rotatable bonds is 8. The van der Waals surface area contributed by atoms with Crippen LogP contribution in [0.4, 0.5) is 0 Å². The fourth-order valence-corrected chi connectivity index (χ4v) is 4.21. The molecule has 3 aromatic rings. The Morgan fingerprint density at radius 1 is 1.10 bits per heavy atom. The SMILES string of the molecule is CNC(=O)[C@H](NCCCc1ccc2c(c1)[C@H](c1ccc(Cl)cc1)CO2)c1ccccc1. The highest BCUT2D eigenvalue weighted by molar-refractivity contribution is 6.30. The molecule has 1 aliphatic heterocycles. The first-order chi connectivity index (χ1) is 15.2. The Hall–Kier alpha value is -2.82. The summed E-state index contributed by atoms with van der Waals surface area (Å²) in [5.74, 6) is 1.18. The van der Waals surface area contributed by atoms with Crippen LogP contribution in [0.5, 0.6) is 5.75 Å². The summed E-state index contributed by atoms with van der Waals surface area (Å²) in [5.41, 5.74) is 4.71. The third-order valence-corrected chi connectivity index (χ3v) is 6.01. The maximum absolute atomic E-state index is 12.3. The number of carbonyl (C=O) groups excluding carboxylic acids is 1. The molecule has 1 heterocycles. The quantitative estimate of drug-likeness (QED) is 0.497. The van der Waals surface area contributed by atoms with Crippen LogP contribution in [0, 0.1) is 0 Å². The molecular weight excluding hydrogens is 408 g/mol. The van der Waals surface area contributed by atoms with Crippen LogP contribution in [-0.2, 0) is 11.2 Å². The van der Waals surface area contributed by atoms with E-state index < -0.39 is 0 Å². The lowest BCUT2D eigenvalue weighted by molar-refractivity contribution is -0.122. The molecule has 0 spiro atoms. The summed E-state index contributed by atoms with van der Waals surface area (Å²) < 4.78 is 5.91. The van der Waals surface area contributed by atoms with Gasteiger partial charge in [0, 0.05) is 23.6 Å². The number of amides is 1. The van der Waals surface area contributed by atoms with E-state index in [1.54, 1.807) is 7.05 Å². The maximum atomic E-state index is 12.3. The molecule has 0 saturated carbocycles. The second-order valence-electron chi connectivity index (χ2n) is 7.80. The van der Waals surface area contributed by atoms with Crippen LogP contribution < -0.4 is 15.4 Å². The minimum Gasteiger partial charge on any atom is -0.492 e. The number of likely N-dealkylation sites (N-methyl/N-ethyl adjacent to an activating group) is 1. The summed E-state index contributed by atoms with van der Waals surface area (Å²) in [6.07, 6.45) is 1.87. The number of nitrogens with one attached hydrogen (secondary N) is 2. The van der Waals surface area contributed by atoms with Crippen LogP contribution in [0.25, 0.3) is 0 Å². The number of benzene rings is 3. The van der Waals surface area contributed by atoms with Gasteiger partial charge in [-0.1, -0.05) is 66.2 Å². The highest BCUT2D eigenvalue weighted by Crippen LogP contribution is 2.39. The third-order valence-electron chi connectivity index (χ3n) is 5.76. The fourth-order valence-electron chi connectivity index (χ4n) is 4.08. The van der Waals surface area contributed by atoms with Crippen molar-refractivity contribution < 1.29 is 9.53 Å². The second-order valence-corrected chi connectivity index (χ2v) is 8.24. The van der Waals surface area contributed by atoms with Gasteiger partial charge in [0.1, 0.15) is 11.8 Å². The standard InChI is InChI=1S/C26H27ClN2O2/c1-28-26(30)25(20-7-3-2-4-8-20)29-15-5-6-18-9-14-24-22(16-18)23(17-31-24)19-10-12-21(27)13-11-19/h2-4,7-14,16,23,25,29H,5-6,15,17H2,1H3,(H,28,30)/t23-,25+/m0/s1. The van der Waals surface area contributed by atoms with Crippen LogP contribution >= 0.6 is 11.6 Å². The van der Waals surface area contributed by atoms with Crippen molar-refractivity contribution in [1.82, 2.24) is 10.6 Å². The van der Waals surface area contributed by atoms with E-state index in [1.807, 2.05) is 42.5 Å². The van der Waals surface area contributed by atoms with E-state index >= 15 is 0 Å². The van der Waals surface area contributed by atoms with Gasteiger partial charge in [0.2, 0.25) is 5.91 Å². The van der Waals surface area contributed by atoms with Gasteiger partial charge in [-0.2, -0.15) is 0 Å². The van der Waals surface area contributed by atoms with Crippen LogP contribution in [0.1, 0.15) is 40.6 Å². The van der Waals surface area contributed by atoms with Gasteiger partial charge in [-0.3, -0.25) is 4.79 Å². The molecule has 160 valence electrons. The Kier molecular flexibility index (Phi) is 6.90. The van der Waals surface area contributed by atoms with Crippen molar-refractivity contribution in [1.29, 1.82) is 0 Å². The zero-order chi connectivity index (χ0) is 21.6. The summed E-state index contributed by atoms with van der Waals surface area (Å²) in [6, 6.07) is 24.0. The Morgan fingerprint density at radius 2 is 1.87 bits per heavy atom. The molecule has 31 heavy (non-hydrogen) atoms. The van der Waals surface area contributed by atoms with Gasteiger partial charge < -0.3 is 15.4 Å². The van der Waals surface area contributed by atoms with Gasteiger partial charge in [0.05, 0.1) is 6.61 Å². The molecule has 5 heteroatoms. The van der Waals surface area contributed by atoms with E-state index in [9.17, 15) is 4.79 Å². The van der Waals surface area contributed by atoms with Crippen molar-refractivity contribution >= 4 is 17.5 Å². The molecule has 2 N–H and O–H groups in total. The molecule has 1 amide bonds. The first-order valence-electron chi connectivity index (χ1n) is 10.7.